The van der Waals surface area contributed by atoms with Gasteiger partial charge in [0, 0.05) is 31.5 Å². The van der Waals surface area contributed by atoms with Crippen LogP contribution >= 0.6 is 0 Å². The first kappa shape index (κ1) is 34.1. The zero-order valence-electron chi connectivity index (χ0n) is 28.1. The van der Waals surface area contributed by atoms with Crippen molar-refractivity contribution >= 4 is 17.5 Å². The largest absolute Gasteiger partial charge is 0.486 e. The molecule has 45 heavy (non-hydrogen) atoms. The molecule has 1 aromatic rings. The van der Waals surface area contributed by atoms with Crippen LogP contribution in [-0.2, 0) is 4.79 Å². The fourth-order valence-electron chi connectivity index (χ4n) is 8.48. The van der Waals surface area contributed by atoms with Gasteiger partial charge in [0.05, 0.1) is 23.9 Å². The molecule has 2 saturated heterocycles. The molecular weight excluding hydrogens is 566 g/mol. The van der Waals surface area contributed by atoms with Crippen LogP contribution in [0.15, 0.2) is 18.2 Å². The van der Waals surface area contributed by atoms with Gasteiger partial charge in [-0.3, -0.25) is 9.59 Å². The lowest BCUT2D eigenvalue weighted by Gasteiger charge is -2.47. The predicted molar refractivity (Wildman–Crippen MR) is 180 cm³/mol. The molecule has 1 aromatic carbocycles. The van der Waals surface area contributed by atoms with E-state index in [1.165, 1.54) is 57.8 Å². The first-order chi connectivity index (χ1) is 21.8. The summed E-state index contributed by atoms with van der Waals surface area (Å²) in [5, 5.41) is 20.2. The topological polar surface area (TPSA) is 106 Å². The van der Waals surface area contributed by atoms with Crippen LogP contribution in [0.4, 0.5) is 5.69 Å². The first-order valence-corrected chi connectivity index (χ1v) is 17.9. The molecule has 3 aliphatic heterocycles. The van der Waals surface area contributed by atoms with Crippen LogP contribution < -0.4 is 20.7 Å². The van der Waals surface area contributed by atoms with E-state index in [0.29, 0.717) is 29.0 Å². The van der Waals surface area contributed by atoms with E-state index in [4.69, 9.17) is 4.74 Å². The van der Waals surface area contributed by atoms with Crippen molar-refractivity contribution in [3.05, 3.63) is 23.8 Å². The van der Waals surface area contributed by atoms with E-state index < -0.39 is 0 Å². The Labute approximate surface area is 271 Å². The average Bonchev–Trinajstić information content (AvgIpc) is 3.03. The molecule has 0 spiro atoms. The molecule has 1 aliphatic carbocycles. The summed E-state index contributed by atoms with van der Waals surface area (Å²) < 4.78 is 6.88. The highest BCUT2D eigenvalue weighted by molar-refractivity contribution is 6.02. The van der Waals surface area contributed by atoms with Crippen molar-refractivity contribution in [2.45, 2.75) is 96.6 Å². The van der Waals surface area contributed by atoms with Crippen LogP contribution in [-0.4, -0.2) is 98.3 Å². The molecule has 5 rings (SSSR count). The number of carbonyl (C=O) groups excluding carboxylic acids is 2. The number of amides is 2. The van der Waals surface area contributed by atoms with Crippen molar-refractivity contribution in [2.75, 3.05) is 64.8 Å². The summed E-state index contributed by atoms with van der Waals surface area (Å²) in [4.78, 5) is 31.6. The monoisotopic (exact) mass is 625 g/mol. The summed E-state index contributed by atoms with van der Waals surface area (Å²) in [5.74, 6) is 0.999. The van der Waals surface area contributed by atoms with Crippen molar-refractivity contribution < 1.29 is 19.4 Å². The van der Waals surface area contributed by atoms with E-state index in [1.54, 1.807) is 11.0 Å². The third kappa shape index (κ3) is 8.40. The van der Waals surface area contributed by atoms with E-state index in [9.17, 15) is 14.7 Å². The van der Waals surface area contributed by atoms with Gasteiger partial charge in [0.2, 0.25) is 5.91 Å². The fourth-order valence-corrected chi connectivity index (χ4v) is 8.48. The van der Waals surface area contributed by atoms with Crippen molar-refractivity contribution in [3.8, 4) is 5.75 Å². The molecule has 0 radical (unpaired) electrons. The third-order valence-electron chi connectivity index (χ3n) is 11.3. The van der Waals surface area contributed by atoms with Crippen molar-refractivity contribution in [3.63, 3.8) is 0 Å². The number of para-hydroxylation sites is 1. The molecule has 4 aliphatic rings. The highest BCUT2D eigenvalue weighted by Gasteiger charge is 2.41. The number of ether oxygens (including phenoxy) is 1. The highest BCUT2D eigenvalue weighted by atomic mass is 16.5. The predicted octanol–water partition coefficient (Wildman–Crippen LogP) is 4.51. The van der Waals surface area contributed by atoms with Crippen molar-refractivity contribution in [1.29, 1.82) is 0 Å². The molecule has 252 valence electrons. The summed E-state index contributed by atoms with van der Waals surface area (Å²) in [6.45, 7) is 10.1. The van der Waals surface area contributed by atoms with Gasteiger partial charge >= 0.3 is 0 Å². The van der Waals surface area contributed by atoms with Crippen LogP contribution in [0.3, 0.4) is 0 Å². The SMILES string of the molecule is CC1CN(C(C)CO)C(=O)c2cccc(NC(=O)C3CCNCC3)c2OC1CN(C)CC1(C2CCCCCCC2)CCNCC1. The van der Waals surface area contributed by atoms with Gasteiger partial charge in [-0.25, -0.2) is 0 Å². The zero-order valence-corrected chi connectivity index (χ0v) is 28.1. The number of carbonyl (C=O) groups is 2. The average molecular weight is 626 g/mol. The minimum absolute atomic E-state index is 0.0163. The van der Waals surface area contributed by atoms with E-state index >= 15 is 0 Å². The van der Waals surface area contributed by atoms with Crippen LogP contribution in [0.25, 0.3) is 0 Å². The number of likely N-dealkylation sites (N-methyl/N-ethyl adjacent to an activating group) is 1. The van der Waals surface area contributed by atoms with Gasteiger partial charge in [0.1, 0.15) is 6.10 Å². The molecule has 3 atom stereocenters. The Bertz CT molecular complexity index is 1110. The minimum Gasteiger partial charge on any atom is -0.486 e. The summed E-state index contributed by atoms with van der Waals surface area (Å²) in [5.41, 5.74) is 1.32. The van der Waals surface area contributed by atoms with Crippen molar-refractivity contribution in [1.82, 2.24) is 20.4 Å². The second-order valence-electron chi connectivity index (χ2n) is 14.7. The summed E-state index contributed by atoms with van der Waals surface area (Å²) >= 11 is 0. The molecule has 0 aromatic heterocycles. The summed E-state index contributed by atoms with van der Waals surface area (Å²) in [6.07, 6.45) is 13.3. The first-order valence-electron chi connectivity index (χ1n) is 17.9. The Morgan fingerprint density at radius 1 is 1.07 bits per heavy atom. The quantitative estimate of drug-likeness (QED) is 0.320. The molecule has 0 bridgehead atoms. The summed E-state index contributed by atoms with van der Waals surface area (Å²) in [6, 6.07) is 5.15. The normalized spacial score (nSPS) is 26.2. The van der Waals surface area contributed by atoms with Crippen LogP contribution in [0.2, 0.25) is 0 Å². The molecule has 3 unspecified atom stereocenters. The molecular formula is C36H59N5O4. The fraction of sp³-hybridized carbons (Fsp3) is 0.778. The van der Waals surface area contributed by atoms with Crippen LogP contribution in [0.5, 0.6) is 5.75 Å². The van der Waals surface area contributed by atoms with Crippen molar-refractivity contribution in [2.24, 2.45) is 23.2 Å². The molecule has 9 nitrogen and oxygen atoms in total. The van der Waals surface area contributed by atoms with Gasteiger partial charge in [-0.05, 0) is 102 Å². The Morgan fingerprint density at radius 2 is 1.73 bits per heavy atom. The number of aliphatic hydroxyl groups is 1. The number of hydrogen-bond donors (Lipinski definition) is 4. The van der Waals surface area contributed by atoms with E-state index in [1.807, 2.05) is 19.1 Å². The number of benzene rings is 1. The third-order valence-corrected chi connectivity index (χ3v) is 11.3. The number of piperidine rings is 2. The highest BCUT2D eigenvalue weighted by Crippen LogP contribution is 2.44. The second-order valence-corrected chi connectivity index (χ2v) is 14.7. The molecule has 2 amide bonds. The molecule has 4 N–H and O–H groups in total. The van der Waals surface area contributed by atoms with E-state index in [-0.39, 0.29) is 42.4 Å². The number of rotatable bonds is 9. The maximum Gasteiger partial charge on any atom is 0.258 e. The standard InChI is InChI=1S/C36H59N5O4/c1-26-22-41(27(2)24-42)35(44)30-12-9-13-31(39-34(43)28-14-18-37-19-15-28)33(30)45-32(26)23-40(3)25-36(16-20-38-21-17-36)29-10-7-5-4-6-8-11-29/h9,12-13,26-29,32,37-38,42H,4-8,10-11,14-25H2,1-3H3,(H,39,43). The zero-order chi connectivity index (χ0) is 31.8. The second kappa shape index (κ2) is 16.1. The molecule has 9 heteroatoms. The number of nitrogens with zero attached hydrogens (tertiary/aromatic N) is 2. The van der Waals surface area contributed by atoms with Crippen LogP contribution in [0.1, 0.15) is 94.8 Å². The number of nitrogens with one attached hydrogen (secondary N) is 3. The van der Waals surface area contributed by atoms with Crippen LogP contribution in [0, 0.1) is 23.2 Å². The molecule has 3 fully saturated rings. The van der Waals surface area contributed by atoms with Gasteiger partial charge < -0.3 is 35.6 Å². The lowest BCUT2D eigenvalue weighted by Crippen LogP contribution is -2.52. The number of anilines is 1. The molecule has 1 saturated carbocycles. The molecule has 3 heterocycles. The van der Waals surface area contributed by atoms with Gasteiger partial charge in [-0.15, -0.1) is 0 Å². The van der Waals surface area contributed by atoms with Gasteiger partial charge in [0.15, 0.2) is 5.75 Å². The Balaban J connectivity index is 1.40. The van der Waals surface area contributed by atoms with Gasteiger partial charge in [-0.1, -0.05) is 45.1 Å². The Kier molecular flexibility index (Phi) is 12.2. The maximum absolute atomic E-state index is 13.9. The number of fused-ring (bicyclic) bond motifs is 1. The summed E-state index contributed by atoms with van der Waals surface area (Å²) in [7, 11) is 2.24. The smallest absolute Gasteiger partial charge is 0.258 e. The van der Waals surface area contributed by atoms with Gasteiger partial charge in [0.25, 0.3) is 5.91 Å². The van der Waals surface area contributed by atoms with E-state index in [2.05, 4.69) is 34.8 Å². The Hall–Kier alpha value is -2.20. The maximum atomic E-state index is 13.9. The Morgan fingerprint density at radius 3 is 2.42 bits per heavy atom. The number of hydrogen-bond acceptors (Lipinski definition) is 7. The minimum atomic E-state index is -0.324. The lowest BCUT2D eigenvalue weighted by molar-refractivity contribution is -0.120. The van der Waals surface area contributed by atoms with Gasteiger partial charge in [-0.2, -0.15) is 0 Å². The lowest BCUT2D eigenvalue weighted by atomic mass is 9.64. The van der Waals surface area contributed by atoms with E-state index in [0.717, 1.165) is 58.0 Å². The number of aliphatic hydroxyl groups excluding tert-OH is 1.